The number of carbonyl (C=O) groups is 2. The van der Waals surface area contributed by atoms with Crippen LogP contribution in [0.1, 0.15) is 393 Å². The number of ether oxygens (including phenoxy) is 3. The minimum absolute atomic E-state index is 0.00780. The van der Waals surface area contributed by atoms with Crippen molar-refractivity contribution in [2.24, 2.45) is 0 Å². The molecule has 0 spiro atoms. The molecule has 1 heterocycles. The van der Waals surface area contributed by atoms with Gasteiger partial charge in [-0.05, 0) is 89.9 Å². The molecule has 1 aliphatic rings. The third kappa shape index (κ3) is 57.8. The van der Waals surface area contributed by atoms with E-state index < -0.39 is 49.5 Å². The highest BCUT2D eigenvalue weighted by atomic mass is 16.7. The van der Waals surface area contributed by atoms with Gasteiger partial charge in [0.15, 0.2) is 6.29 Å². The zero-order chi connectivity index (χ0) is 66.5. The summed E-state index contributed by atoms with van der Waals surface area (Å²) in [7, 11) is 0. The largest absolute Gasteiger partial charge is 0.466 e. The summed E-state index contributed by atoms with van der Waals surface area (Å²) in [6.07, 6.45) is 83.0. The van der Waals surface area contributed by atoms with Crippen LogP contribution in [0.3, 0.4) is 0 Å². The molecule has 0 aromatic carbocycles. The molecule has 6 N–H and O–H groups in total. The van der Waals surface area contributed by atoms with Gasteiger partial charge < -0.3 is 45.1 Å². The summed E-state index contributed by atoms with van der Waals surface area (Å²) in [5.74, 6) is -0.170. The van der Waals surface area contributed by atoms with Gasteiger partial charge in [0.05, 0.1) is 32.0 Å². The van der Waals surface area contributed by atoms with E-state index in [1.54, 1.807) is 6.08 Å². The number of unbranched alkanes of at least 4 members (excludes halogenated alkanes) is 51. The first-order chi connectivity index (χ1) is 45.2. The molecule has 11 nitrogen and oxygen atoms in total. The quantitative estimate of drug-likeness (QED) is 0.0195. The van der Waals surface area contributed by atoms with Crippen LogP contribution in [-0.2, 0) is 23.8 Å². The van der Waals surface area contributed by atoms with Crippen molar-refractivity contribution >= 4 is 11.9 Å². The Morgan fingerprint density at radius 2 is 0.728 bits per heavy atom. The zero-order valence-corrected chi connectivity index (χ0v) is 60.3. The molecular weight excluding hydrogens is 1150 g/mol. The minimum Gasteiger partial charge on any atom is -0.466 e. The Kier molecular flexibility index (Phi) is 66.6. The maximum absolute atomic E-state index is 13.0. The average Bonchev–Trinajstić information content (AvgIpc) is 0.954. The number of rotatable bonds is 71. The van der Waals surface area contributed by atoms with Crippen molar-refractivity contribution in [3.8, 4) is 0 Å². The maximum atomic E-state index is 13.0. The van der Waals surface area contributed by atoms with Gasteiger partial charge in [-0.1, -0.05) is 339 Å². The fraction of sp³-hybridized carbons (Fsp3) is 0.877. The molecule has 0 aromatic rings. The SMILES string of the molecule is CCCCC/C=C\C/C=C\CCCCCCCCCC(=O)OCCCCCCCCCCCCCCCCCC/C=C\CCCCCCCCCCCCCCCCCCCC(=O)NC(COC1OC(CO)C(O)C(O)C1O)C(O)/C=C/CCCCCCCCCC. The smallest absolute Gasteiger partial charge is 0.305 e. The summed E-state index contributed by atoms with van der Waals surface area (Å²) in [4.78, 5) is 25.2. The van der Waals surface area contributed by atoms with E-state index in [1.165, 1.54) is 302 Å². The Balaban J connectivity index is 1.86. The van der Waals surface area contributed by atoms with E-state index in [9.17, 15) is 35.1 Å². The Labute approximate surface area is 567 Å². The summed E-state index contributed by atoms with van der Waals surface area (Å²) in [6, 6.07) is -0.806. The van der Waals surface area contributed by atoms with E-state index in [0.29, 0.717) is 19.4 Å². The molecular formula is C81H151NO10. The van der Waals surface area contributed by atoms with Gasteiger partial charge in [-0.15, -0.1) is 0 Å². The normalized spacial score (nSPS) is 17.8. The third-order valence-corrected chi connectivity index (χ3v) is 18.9. The zero-order valence-electron chi connectivity index (χ0n) is 60.3. The molecule has 92 heavy (non-hydrogen) atoms. The molecule has 1 saturated heterocycles. The number of allylic oxidation sites excluding steroid dienone is 7. The van der Waals surface area contributed by atoms with Crippen molar-refractivity contribution in [3.63, 3.8) is 0 Å². The lowest BCUT2D eigenvalue weighted by Crippen LogP contribution is -2.60. The summed E-state index contributed by atoms with van der Waals surface area (Å²) >= 11 is 0. The summed E-state index contributed by atoms with van der Waals surface area (Å²) < 4.78 is 16.8. The highest BCUT2D eigenvalue weighted by molar-refractivity contribution is 5.76. The van der Waals surface area contributed by atoms with Crippen molar-refractivity contribution in [1.29, 1.82) is 0 Å². The second-order valence-electron chi connectivity index (χ2n) is 27.8. The van der Waals surface area contributed by atoms with E-state index in [0.717, 1.165) is 64.2 Å². The van der Waals surface area contributed by atoms with Crippen LogP contribution >= 0.6 is 0 Å². The molecule has 11 heteroatoms. The molecule has 0 aliphatic carbocycles. The number of hydrogen-bond acceptors (Lipinski definition) is 10. The van der Waals surface area contributed by atoms with Crippen LogP contribution < -0.4 is 5.32 Å². The molecule has 0 radical (unpaired) electrons. The lowest BCUT2D eigenvalue weighted by molar-refractivity contribution is -0.302. The van der Waals surface area contributed by atoms with E-state index in [-0.39, 0.29) is 18.5 Å². The Bertz CT molecular complexity index is 1670. The second-order valence-corrected chi connectivity index (χ2v) is 27.8. The van der Waals surface area contributed by atoms with Gasteiger partial charge in [0.1, 0.15) is 24.4 Å². The third-order valence-electron chi connectivity index (χ3n) is 18.9. The molecule has 0 bridgehead atoms. The van der Waals surface area contributed by atoms with E-state index in [2.05, 4.69) is 55.6 Å². The molecule has 1 fully saturated rings. The second kappa shape index (κ2) is 70.0. The number of esters is 1. The van der Waals surface area contributed by atoms with Gasteiger partial charge in [-0.3, -0.25) is 9.59 Å². The van der Waals surface area contributed by atoms with Gasteiger partial charge >= 0.3 is 5.97 Å². The first-order valence-electron chi connectivity index (χ1n) is 39.9. The van der Waals surface area contributed by atoms with Gasteiger partial charge in [-0.2, -0.15) is 0 Å². The van der Waals surface area contributed by atoms with Crippen LogP contribution in [0.5, 0.6) is 0 Å². The highest BCUT2D eigenvalue weighted by Crippen LogP contribution is 2.24. The van der Waals surface area contributed by atoms with Crippen LogP contribution in [0.2, 0.25) is 0 Å². The van der Waals surface area contributed by atoms with Crippen molar-refractivity contribution in [2.75, 3.05) is 19.8 Å². The number of carbonyl (C=O) groups excluding carboxylic acids is 2. The van der Waals surface area contributed by atoms with Crippen LogP contribution in [0.15, 0.2) is 48.6 Å². The number of nitrogens with one attached hydrogen (secondary N) is 1. The van der Waals surface area contributed by atoms with Crippen molar-refractivity contribution in [2.45, 2.75) is 436 Å². The van der Waals surface area contributed by atoms with E-state index in [4.69, 9.17) is 14.2 Å². The van der Waals surface area contributed by atoms with Crippen LogP contribution in [0.25, 0.3) is 0 Å². The standard InChI is InChI=1S/C81H151NO10/c1-3-5-7-9-11-13-15-16-17-39-43-46-49-53-57-61-65-69-77(86)90-70-66-62-58-54-50-47-44-41-38-36-34-32-30-28-26-24-22-20-18-19-21-23-25-27-29-31-33-35-37-40-42-45-48-52-56-60-64-68-76(85)82-73(72-91-81-80(89)79(88)78(87)75(71-83)92-81)74(84)67-63-59-55-51-14-12-10-8-6-4-2/h11,13,16-18,20,63,67,73-75,78-81,83-84,87-89H,3-10,12,14-15,19,21-62,64-66,68-72H2,1-2H3,(H,82,85)/b13-11-,17-16-,20-18-,67-63+. The van der Waals surface area contributed by atoms with E-state index in [1.807, 2.05) is 6.08 Å². The predicted molar refractivity (Wildman–Crippen MR) is 389 cm³/mol. The Morgan fingerprint density at radius 3 is 1.13 bits per heavy atom. The van der Waals surface area contributed by atoms with Crippen LogP contribution in [0, 0.1) is 0 Å². The molecule has 1 amide bonds. The monoisotopic (exact) mass is 1300 g/mol. The fourth-order valence-electron chi connectivity index (χ4n) is 12.6. The molecule has 0 aromatic heterocycles. The number of hydrogen-bond donors (Lipinski definition) is 6. The Morgan fingerprint density at radius 1 is 0.402 bits per heavy atom. The van der Waals surface area contributed by atoms with Crippen molar-refractivity contribution < 1.29 is 49.3 Å². The predicted octanol–water partition coefficient (Wildman–Crippen LogP) is 21.5. The summed E-state index contributed by atoms with van der Waals surface area (Å²) in [5.41, 5.74) is 0. The lowest BCUT2D eigenvalue weighted by Gasteiger charge is -2.40. The van der Waals surface area contributed by atoms with Gasteiger partial charge in [0, 0.05) is 12.8 Å². The van der Waals surface area contributed by atoms with E-state index >= 15 is 0 Å². The molecule has 7 unspecified atom stereocenters. The molecule has 7 atom stereocenters. The van der Waals surface area contributed by atoms with Crippen LogP contribution in [0.4, 0.5) is 0 Å². The van der Waals surface area contributed by atoms with Gasteiger partial charge in [0.2, 0.25) is 5.91 Å². The minimum atomic E-state index is -1.57. The fourth-order valence-corrected chi connectivity index (χ4v) is 12.6. The van der Waals surface area contributed by atoms with Crippen LogP contribution in [-0.4, -0.2) is 100 Å². The van der Waals surface area contributed by atoms with Crippen molar-refractivity contribution in [3.05, 3.63) is 48.6 Å². The average molecular weight is 1300 g/mol. The maximum Gasteiger partial charge on any atom is 0.305 e. The van der Waals surface area contributed by atoms with Gasteiger partial charge in [-0.25, -0.2) is 0 Å². The molecule has 1 rings (SSSR count). The van der Waals surface area contributed by atoms with Gasteiger partial charge in [0.25, 0.3) is 0 Å². The highest BCUT2D eigenvalue weighted by Gasteiger charge is 2.44. The summed E-state index contributed by atoms with van der Waals surface area (Å²) in [5, 5.41) is 54.4. The number of aliphatic hydroxyl groups excluding tert-OH is 5. The Hall–Kier alpha value is -2.38. The summed E-state index contributed by atoms with van der Waals surface area (Å²) in [6.45, 7) is 4.34. The lowest BCUT2D eigenvalue weighted by atomic mass is 9.99. The van der Waals surface area contributed by atoms with Crippen molar-refractivity contribution in [1.82, 2.24) is 5.32 Å². The number of aliphatic hydroxyl groups is 5. The molecule has 1 aliphatic heterocycles. The number of amides is 1. The molecule has 540 valence electrons. The molecule has 0 saturated carbocycles. The topological polar surface area (TPSA) is 175 Å². The first kappa shape index (κ1) is 87.6. The first-order valence-corrected chi connectivity index (χ1v) is 39.9.